The minimum absolute atomic E-state index is 0.0279. The van der Waals surface area contributed by atoms with Crippen LogP contribution in [0, 0.1) is 0 Å². The number of rotatable bonds is 0. The van der Waals surface area contributed by atoms with Crippen molar-refractivity contribution in [3.05, 3.63) is 121 Å². The number of nitrogens with zero attached hydrogens (tertiary/aromatic N) is 4. The van der Waals surface area contributed by atoms with Crippen LogP contribution >= 0.6 is 0 Å². The van der Waals surface area contributed by atoms with E-state index in [1.54, 1.807) is 0 Å². The molecule has 0 aliphatic carbocycles. The van der Waals surface area contributed by atoms with Gasteiger partial charge < -0.3 is 18.9 Å². The highest BCUT2D eigenvalue weighted by Gasteiger charge is 2.14. The highest BCUT2D eigenvalue weighted by atomic mass is 16.7. The lowest BCUT2D eigenvalue weighted by Gasteiger charge is -2.14. The van der Waals surface area contributed by atoms with Crippen LogP contribution in [0.5, 0.6) is 23.0 Å². The highest BCUT2D eigenvalue weighted by molar-refractivity contribution is 5.90. The SMILES string of the molecule is c1cc2c3nc(ccc3c1)-c1ccc3cccc(c3n1)OCOc1cccc3ccc(nc13)-c1ccc3cccc(c3n1)OCO2. The standard InChI is InChI=1S/C38H24N4O4/c1-5-23-13-17-27-28-18-14-25-7-3-11-33(37(25)40-28)45-22-46-34-12-4-8-26-16-20-30(42-38(26)34)29-19-15-24-6-2-10-32(36(24)41-29)44-21-43-31(9-1)35(23)39-27/h1-20H,21-22H2. The van der Waals surface area contributed by atoms with Crippen LogP contribution in [0.4, 0.5) is 0 Å². The highest BCUT2D eigenvalue weighted by Crippen LogP contribution is 2.33. The molecule has 8 heteroatoms. The minimum atomic E-state index is -0.0279. The zero-order chi connectivity index (χ0) is 30.5. The number of ether oxygens (including phenoxy) is 4. The van der Waals surface area contributed by atoms with Crippen molar-refractivity contribution >= 4 is 43.6 Å². The van der Waals surface area contributed by atoms with Crippen LogP contribution in [0.2, 0.25) is 0 Å². The molecule has 1 aliphatic heterocycles. The molecule has 4 aromatic heterocycles. The van der Waals surface area contributed by atoms with Gasteiger partial charge in [0, 0.05) is 21.5 Å². The summed E-state index contributed by atoms with van der Waals surface area (Å²) in [6.07, 6.45) is 0. The second-order valence-corrected chi connectivity index (χ2v) is 10.9. The first-order valence-electron chi connectivity index (χ1n) is 14.9. The van der Waals surface area contributed by atoms with Crippen LogP contribution in [0.15, 0.2) is 121 Å². The molecule has 0 saturated carbocycles. The number of pyridine rings is 4. The molecule has 1 aliphatic rings. The Morgan fingerprint density at radius 1 is 0.304 bits per heavy atom. The molecule has 0 unspecified atom stereocenters. The quantitative estimate of drug-likeness (QED) is 0.172. The smallest absolute Gasteiger partial charge is 0.231 e. The first-order chi connectivity index (χ1) is 22.8. The lowest BCUT2D eigenvalue weighted by Crippen LogP contribution is -2.07. The van der Waals surface area contributed by atoms with E-state index in [0.29, 0.717) is 67.8 Å². The van der Waals surface area contributed by atoms with Crippen molar-refractivity contribution in [3.63, 3.8) is 0 Å². The van der Waals surface area contributed by atoms with Gasteiger partial charge in [-0.1, -0.05) is 72.8 Å². The Hall–Kier alpha value is -6.28. The third-order valence-electron chi connectivity index (χ3n) is 8.12. The van der Waals surface area contributed by atoms with Crippen LogP contribution in [0.25, 0.3) is 66.4 Å². The third-order valence-corrected chi connectivity index (χ3v) is 8.12. The molecule has 0 saturated heterocycles. The predicted molar refractivity (Wildman–Crippen MR) is 177 cm³/mol. The Balaban J connectivity index is 1.20. The fourth-order valence-corrected chi connectivity index (χ4v) is 5.83. The molecule has 0 N–H and O–H groups in total. The fraction of sp³-hybridized carbons (Fsp3) is 0.0526. The van der Waals surface area contributed by atoms with Crippen molar-refractivity contribution in [2.24, 2.45) is 0 Å². The van der Waals surface area contributed by atoms with Gasteiger partial charge in [-0.05, 0) is 48.5 Å². The molecule has 8 bridgehead atoms. The van der Waals surface area contributed by atoms with Crippen molar-refractivity contribution in [2.45, 2.75) is 0 Å². The molecule has 5 heterocycles. The largest absolute Gasteiger partial charge is 0.455 e. The second-order valence-electron chi connectivity index (χ2n) is 10.9. The fourth-order valence-electron chi connectivity index (χ4n) is 5.83. The Morgan fingerprint density at radius 3 is 0.826 bits per heavy atom. The molecule has 8 aromatic rings. The predicted octanol–water partition coefficient (Wildman–Crippen LogP) is 8.36. The third kappa shape index (κ3) is 4.55. The summed E-state index contributed by atoms with van der Waals surface area (Å²) in [6, 6.07) is 39.3. The van der Waals surface area contributed by atoms with Crippen molar-refractivity contribution in [3.8, 4) is 45.8 Å². The van der Waals surface area contributed by atoms with E-state index in [2.05, 4.69) is 0 Å². The molecule has 46 heavy (non-hydrogen) atoms. The van der Waals surface area contributed by atoms with Crippen molar-refractivity contribution in [1.82, 2.24) is 19.9 Å². The number of hydrogen-bond acceptors (Lipinski definition) is 8. The average Bonchev–Trinajstić information content (AvgIpc) is 3.11. The normalized spacial score (nSPS) is 12.9. The lowest BCUT2D eigenvalue weighted by molar-refractivity contribution is 0.122. The van der Waals surface area contributed by atoms with Gasteiger partial charge in [0.2, 0.25) is 13.6 Å². The van der Waals surface area contributed by atoms with Gasteiger partial charge in [-0.2, -0.15) is 0 Å². The first kappa shape index (κ1) is 26.2. The van der Waals surface area contributed by atoms with Crippen LogP contribution in [-0.4, -0.2) is 33.5 Å². The summed E-state index contributed by atoms with van der Waals surface area (Å²) in [5.74, 6) is 2.42. The molecular formula is C38H24N4O4. The topological polar surface area (TPSA) is 88.5 Å². The van der Waals surface area contributed by atoms with Gasteiger partial charge in [0.15, 0.2) is 0 Å². The number of para-hydroxylation sites is 4. The molecule has 4 aromatic carbocycles. The first-order valence-corrected chi connectivity index (χ1v) is 14.9. The van der Waals surface area contributed by atoms with Crippen LogP contribution in [-0.2, 0) is 0 Å². The van der Waals surface area contributed by atoms with E-state index in [-0.39, 0.29) is 13.6 Å². The maximum atomic E-state index is 6.17. The van der Waals surface area contributed by atoms with Gasteiger partial charge in [0.1, 0.15) is 45.1 Å². The summed E-state index contributed by atoms with van der Waals surface area (Å²) < 4.78 is 24.7. The van der Waals surface area contributed by atoms with E-state index in [1.807, 2.05) is 121 Å². The Morgan fingerprint density at radius 2 is 0.565 bits per heavy atom. The summed E-state index contributed by atoms with van der Waals surface area (Å²) >= 11 is 0. The Labute approximate surface area is 262 Å². The molecule has 220 valence electrons. The molecule has 0 radical (unpaired) electrons. The summed E-state index contributed by atoms with van der Waals surface area (Å²) in [6.45, 7) is -0.0558. The zero-order valence-corrected chi connectivity index (χ0v) is 24.4. The molecule has 0 atom stereocenters. The van der Waals surface area contributed by atoms with Crippen molar-refractivity contribution < 1.29 is 18.9 Å². The number of benzene rings is 4. The van der Waals surface area contributed by atoms with Crippen LogP contribution in [0.1, 0.15) is 0 Å². The lowest BCUT2D eigenvalue weighted by atomic mass is 10.1. The van der Waals surface area contributed by atoms with Gasteiger partial charge in [-0.25, -0.2) is 19.9 Å². The van der Waals surface area contributed by atoms with E-state index in [0.717, 1.165) is 21.5 Å². The minimum Gasteiger partial charge on any atom is -0.455 e. The summed E-state index contributed by atoms with van der Waals surface area (Å²) in [7, 11) is 0. The van der Waals surface area contributed by atoms with E-state index < -0.39 is 0 Å². The van der Waals surface area contributed by atoms with Gasteiger partial charge in [-0.15, -0.1) is 0 Å². The Bertz CT molecular complexity index is 2120. The number of fused-ring (bicyclic) bond motifs is 6. The maximum Gasteiger partial charge on any atom is 0.231 e. The van der Waals surface area contributed by atoms with E-state index in [1.165, 1.54) is 0 Å². The average molecular weight is 601 g/mol. The molecule has 8 nitrogen and oxygen atoms in total. The van der Waals surface area contributed by atoms with E-state index in [4.69, 9.17) is 38.9 Å². The van der Waals surface area contributed by atoms with Crippen LogP contribution in [0.3, 0.4) is 0 Å². The van der Waals surface area contributed by atoms with Crippen molar-refractivity contribution in [1.29, 1.82) is 0 Å². The monoisotopic (exact) mass is 600 g/mol. The van der Waals surface area contributed by atoms with Crippen LogP contribution < -0.4 is 18.9 Å². The van der Waals surface area contributed by atoms with E-state index >= 15 is 0 Å². The summed E-state index contributed by atoms with van der Waals surface area (Å²) in [4.78, 5) is 19.9. The molecular weight excluding hydrogens is 576 g/mol. The van der Waals surface area contributed by atoms with E-state index in [9.17, 15) is 0 Å². The van der Waals surface area contributed by atoms with Gasteiger partial charge in [0.25, 0.3) is 0 Å². The summed E-state index contributed by atoms with van der Waals surface area (Å²) in [5.41, 5.74) is 5.69. The second kappa shape index (κ2) is 10.7. The molecule has 0 fully saturated rings. The summed E-state index contributed by atoms with van der Waals surface area (Å²) in [5, 5.41) is 3.77. The van der Waals surface area contributed by atoms with Crippen molar-refractivity contribution in [2.75, 3.05) is 13.6 Å². The van der Waals surface area contributed by atoms with Gasteiger partial charge in [-0.3, -0.25) is 0 Å². The zero-order valence-electron chi connectivity index (χ0n) is 24.4. The van der Waals surface area contributed by atoms with Gasteiger partial charge >= 0.3 is 0 Å². The number of aromatic nitrogens is 4. The Kier molecular flexibility index (Phi) is 6.09. The maximum absolute atomic E-state index is 6.17. The molecule has 9 rings (SSSR count). The molecule has 0 amide bonds. The number of hydrogen-bond donors (Lipinski definition) is 0. The molecule has 0 spiro atoms. The van der Waals surface area contributed by atoms with Gasteiger partial charge in [0.05, 0.1) is 22.8 Å².